The highest BCUT2D eigenvalue weighted by molar-refractivity contribution is 6.33. The minimum atomic E-state index is -0.281. The van der Waals surface area contributed by atoms with Crippen LogP contribution < -0.4 is 16.0 Å². The van der Waals surface area contributed by atoms with E-state index in [1.54, 1.807) is 48.7 Å². The van der Waals surface area contributed by atoms with Crippen LogP contribution in [0.15, 0.2) is 97.3 Å². The summed E-state index contributed by atoms with van der Waals surface area (Å²) in [6.07, 6.45) is 6.71. The topological polar surface area (TPSA) is 115 Å². The fourth-order valence-electron chi connectivity index (χ4n) is 4.10. The van der Waals surface area contributed by atoms with Crippen molar-refractivity contribution in [3.8, 4) is 11.3 Å². The number of halogens is 1. The van der Waals surface area contributed by atoms with Crippen molar-refractivity contribution >= 4 is 57.3 Å². The van der Waals surface area contributed by atoms with Crippen LogP contribution in [0.5, 0.6) is 0 Å². The molecule has 5 rings (SSSR count). The Morgan fingerprint density at radius 3 is 2.56 bits per heavy atom. The number of amides is 2. The van der Waals surface area contributed by atoms with Crippen LogP contribution in [0.25, 0.3) is 22.2 Å². The molecule has 3 aromatic carbocycles. The number of hydrogen-bond acceptors (Lipinski definition) is 6. The molecule has 41 heavy (non-hydrogen) atoms. The lowest BCUT2D eigenvalue weighted by molar-refractivity contribution is -0.111. The number of aromatic nitrogens is 3. The minimum Gasteiger partial charge on any atom is -0.361 e. The molecule has 5 aromatic rings. The highest BCUT2D eigenvalue weighted by Gasteiger charge is 2.11. The predicted molar refractivity (Wildman–Crippen MR) is 165 cm³/mol. The Morgan fingerprint density at radius 1 is 0.951 bits per heavy atom. The van der Waals surface area contributed by atoms with Crippen LogP contribution in [0.3, 0.4) is 0 Å². The van der Waals surface area contributed by atoms with Gasteiger partial charge in [-0.2, -0.15) is 0 Å². The van der Waals surface area contributed by atoms with Crippen molar-refractivity contribution in [1.82, 2.24) is 19.9 Å². The molecule has 9 nitrogen and oxygen atoms in total. The molecular weight excluding hydrogens is 538 g/mol. The molecule has 2 aromatic heterocycles. The molecular formula is C31H28ClN7O2. The van der Waals surface area contributed by atoms with E-state index >= 15 is 0 Å². The largest absolute Gasteiger partial charge is 0.361 e. The fourth-order valence-corrected chi connectivity index (χ4v) is 4.30. The second kappa shape index (κ2) is 12.5. The Kier molecular flexibility index (Phi) is 8.38. The Morgan fingerprint density at radius 2 is 1.76 bits per heavy atom. The number of benzene rings is 3. The summed E-state index contributed by atoms with van der Waals surface area (Å²) < 4.78 is 0. The van der Waals surface area contributed by atoms with Gasteiger partial charge in [0, 0.05) is 57.9 Å². The first-order chi connectivity index (χ1) is 19.8. The molecule has 0 fully saturated rings. The molecule has 4 N–H and O–H groups in total. The summed E-state index contributed by atoms with van der Waals surface area (Å²) in [4.78, 5) is 39.0. The highest BCUT2D eigenvalue weighted by Crippen LogP contribution is 2.29. The van der Waals surface area contributed by atoms with Gasteiger partial charge in [0.15, 0.2) is 0 Å². The number of anilines is 4. The molecule has 0 bridgehead atoms. The monoisotopic (exact) mass is 565 g/mol. The van der Waals surface area contributed by atoms with Crippen molar-refractivity contribution in [3.63, 3.8) is 0 Å². The summed E-state index contributed by atoms with van der Waals surface area (Å²) in [5.74, 6) is -0.140. The van der Waals surface area contributed by atoms with Crippen molar-refractivity contribution in [2.45, 2.75) is 0 Å². The summed E-state index contributed by atoms with van der Waals surface area (Å²) in [7, 11) is 3.85. The summed E-state index contributed by atoms with van der Waals surface area (Å²) in [5, 5.41) is 10.4. The van der Waals surface area contributed by atoms with Gasteiger partial charge in [-0.25, -0.2) is 9.97 Å². The second-order valence-electron chi connectivity index (χ2n) is 9.56. The number of nitrogens with one attached hydrogen (secondary N) is 4. The van der Waals surface area contributed by atoms with E-state index in [4.69, 9.17) is 11.6 Å². The van der Waals surface area contributed by atoms with Crippen LogP contribution in [-0.4, -0.2) is 52.3 Å². The molecule has 2 amide bonds. The predicted octanol–water partition coefficient (Wildman–Crippen LogP) is 6.33. The van der Waals surface area contributed by atoms with E-state index in [9.17, 15) is 9.59 Å². The summed E-state index contributed by atoms with van der Waals surface area (Å²) in [6, 6.07) is 21.9. The van der Waals surface area contributed by atoms with Gasteiger partial charge < -0.3 is 25.8 Å². The lowest BCUT2D eigenvalue weighted by Gasteiger charge is -2.11. The second-order valence-corrected chi connectivity index (χ2v) is 9.97. The number of hydrogen-bond donors (Lipinski definition) is 4. The maximum Gasteiger partial charge on any atom is 0.255 e. The number of aromatic amines is 1. The number of carbonyl (C=O) groups is 2. The molecule has 0 atom stereocenters. The Labute approximate surface area is 242 Å². The van der Waals surface area contributed by atoms with Gasteiger partial charge in [0.2, 0.25) is 11.9 Å². The molecule has 0 aliphatic rings. The maximum atomic E-state index is 12.9. The van der Waals surface area contributed by atoms with E-state index in [1.807, 2.05) is 61.6 Å². The van der Waals surface area contributed by atoms with Crippen LogP contribution in [0, 0.1) is 0 Å². The van der Waals surface area contributed by atoms with Crippen LogP contribution in [0.2, 0.25) is 5.02 Å². The smallest absolute Gasteiger partial charge is 0.255 e. The van der Waals surface area contributed by atoms with E-state index in [2.05, 4.69) is 30.9 Å². The van der Waals surface area contributed by atoms with Crippen molar-refractivity contribution in [3.05, 3.63) is 108 Å². The number of fused-ring (bicyclic) bond motifs is 1. The number of rotatable bonds is 9. The Bertz CT molecular complexity index is 1730. The first-order valence-corrected chi connectivity index (χ1v) is 13.2. The normalized spacial score (nSPS) is 11.2. The average Bonchev–Trinajstić information content (AvgIpc) is 3.42. The van der Waals surface area contributed by atoms with Gasteiger partial charge >= 0.3 is 0 Å². The number of H-pyrrole nitrogens is 1. The third kappa shape index (κ3) is 7.16. The molecule has 206 valence electrons. The van der Waals surface area contributed by atoms with E-state index in [-0.39, 0.29) is 11.8 Å². The fraction of sp³-hybridized carbons (Fsp3) is 0.0968. The van der Waals surface area contributed by atoms with Crippen LogP contribution in [0.4, 0.5) is 23.0 Å². The van der Waals surface area contributed by atoms with Gasteiger partial charge in [0.1, 0.15) is 0 Å². The minimum absolute atomic E-state index is 0.230. The molecule has 0 spiro atoms. The zero-order chi connectivity index (χ0) is 28.8. The zero-order valence-electron chi connectivity index (χ0n) is 22.5. The van der Waals surface area contributed by atoms with Gasteiger partial charge in [-0.05, 0) is 74.8 Å². The van der Waals surface area contributed by atoms with Gasteiger partial charge in [-0.1, -0.05) is 29.8 Å². The summed E-state index contributed by atoms with van der Waals surface area (Å²) in [5.41, 5.74) is 4.86. The van der Waals surface area contributed by atoms with Gasteiger partial charge in [-0.15, -0.1) is 0 Å². The van der Waals surface area contributed by atoms with Gasteiger partial charge in [0.25, 0.3) is 5.91 Å². The first-order valence-electron chi connectivity index (χ1n) is 12.8. The zero-order valence-corrected chi connectivity index (χ0v) is 23.2. The molecule has 0 unspecified atom stereocenters. The van der Waals surface area contributed by atoms with E-state index < -0.39 is 0 Å². The summed E-state index contributed by atoms with van der Waals surface area (Å²) >= 11 is 6.43. The molecule has 2 heterocycles. The molecule has 0 aliphatic carbocycles. The molecule has 0 radical (unpaired) electrons. The number of carbonyl (C=O) groups excluding carboxylic acids is 2. The van der Waals surface area contributed by atoms with E-state index in [0.29, 0.717) is 45.8 Å². The maximum absolute atomic E-state index is 12.9. The van der Waals surface area contributed by atoms with Gasteiger partial charge in [-0.3, -0.25) is 9.59 Å². The van der Waals surface area contributed by atoms with Crippen LogP contribution in [-0.2, 0) is 4.79 Å². The summed E-state index contributed by atoms with van der Waals surface area (Å²) in [6.45, 7) is 0.669. The average molecular weight is 566 g/mol. The third-order valence-electron chi connectivity index (χ3n) is 6.10. The molecule has 0 saturated heterocycles. The Balaban J connectivity index is 1.23. The molecule has 10 heteroatoms. The molecule has 0 saturated carbocycles. The van der Waals surface area contributed by atoms with Gasteiger partial charge in [0.05, 0.1) is 16.9 Å². The quantitative estimate of drug-likeness (QED) is 0.155. The van der Waals surface area contributed by atoms with E-state index in [0.717, 1.165) is 16.5 Å². The number of likely N-dealkylation sites (N-methyl/N-ethyl adjacent to an activating group) is 1. The van der Waals surface area contributed by atoms with E-state index in [1.165, 1.54) is 6.08 Å². The van der Waals surface area contributed by atoms with Crippen LogP contribution >= 0.6 is 11.6 Å². The number of nitrogens with zero attached hydrogens (tertiary/aromatic N) is 3. The third-order valence-corrected chi connectivity index (χ3v) is 6.38. The lowest BCUT2D eigenvalue weighted by Crippen LogP contribution is -2.13. The SMILES string of the molecule is CN(C)CC=CC(=O)Nc1ccc(C(=O)Nc2cccc(Nc3ncc(Cl)c(-c4ccc5[nH]ccc5c4)n3)c2)cc1. The molecule has 0 aliphatic heterocycles. The standard InChI is InChI=1S/C31H28ClN7O2/c1-39(2)16-4-7-28(40)35-23-11-8-20(9-12-23)30(41)36-24-5-3-6-25(18-24)37-31-34-19-26(32)29(38-31)22-10-13-27-21(17-22)14-15-33-27/h3-15,17-19,33H,16H2,1-2H3,(H,35,40)(H,36,41)(H,34,37,38). The first kappa shape index (κ1) is 27.6. The Hall–Kier alpha value is -4.99. The lowest BCUT2D eigenvalue weighted by atomic mass is 10.1. The van der Waals surface area contributed by atoms with Crippen molar-refractivity contribution in [2.24, 2.45) is 0 Å². The van der Waals surface area contributed by atoms with Crippen molar-refractivity contribution in [1.29, 1.82) is 0 Å². The highest BCUT2D eigenvalue weighted by atomic mass is 35.5. The van der Waals surface area contributed by atoms with Crippen molar-refractivity contribution < 1.29 is 9.59 Å². The van der Waals surface area contributed by atoms with Crippen LogP contribution in [0.1, 0.15) is 10.4 Å². The van der Waals surface area contributed by atoms with Crippen molar-refractivity contribution in [2.75, 3.05) is 36.6 Å².